The number of piperidine rings is 1. The van der Waals surface area contributed by atoms with Crippen molar-refractivity contribution in [2.45, 2.75) is 44.6 Å². The Morgan fingerprint density at radius 3 is 2.79 bits per heavy atom. The van der Waals surface area contributed by atoms with Gasteiger partial charge in [-0.05, 0) is 62.6 Å². The summed E-state index contributed by atoms with van der Waals surface area (Å²) in [5.41, 5.74) is 4.00. The molecule has 2 unspecified atom stereocenters. The van der Waals surface area contributed by atoms with Crippen molar-refractivity contribution < 1.29 is 12.6 Å². The van der Waals surface area contributed by atoms with Gasteiger partial charge in [-0.15, -0.1) is 0 Å². The summed E-state index contributed by atoms with van der Waals surface area (Å²) < 4.78 is 28.7. The van der Waals surface area contributed by atoms with E-state index in [0.29, 0.717) is 0 Å². The largest absolute Gasteiger partial charge is 0.372 e. The Hall–Kier alpha value is -2.69. The summed E-state index contributed by atoms with van der Waals surface area (Å²) in [6.07, 6.45) is 8.20. The van der Waals surface area contributed by atoms with Crippen LogP contribution >= 0.6 is 0 Å². The van der Waals surface area contributed by atoms with Crippen LogP contribution in [0.3, 0.4) is 0 Å². The van der Waals surface area contributed by atoms with Crippen LogP contribution in [0.4, 0.5) is 11.5 Å². The Labute approximate surface area is 194 Å². The monoisotopic (exact) mass is 470 g/mol. The number of nitrogens with one attached hydrogen (secondary N) is 1. The van der Waals surface area contributed by atoms with Gasteiger partial charge in [0.1, 0.15) is 5.82 Å². The van der Waals surface area contributed by atoms with E-state index in [1.54, 1.807) is 6.20 Å². The predicted molar refractivity (Wildman–Crippen MR) is 128 cm³/mol. The van der Waals surface area contributed by atoms with Gasteiger partial charge < -0.3 is 10.2 Å². The van der Waals surface area contributed by atoms with Gasteiger partial charge in [-0.25, -0.2) is 10.1 Å². The molecule has 33 heavy (non-hydrogen) atoms. The Morgan fingerprint density at radius 2 is 1.97 bits per heavy atom. The molecule has 3 N–H and O–H groups in total. The van der Waals surface area contributed by atoms with E-state index >= 15 is 0 Å². The summed E-state index contributed by atoms with van der Waals surface area (Å²) >= 11 is 0. The molecule has 0 spiro atoms. The van der Waals surface area contributed by atoms with E-state index in [1.165, 1.54) is 24.9 Å². The van der Waals surface area contributed by atoms with E-state index in [9.17, 15) is 8.42 Å². The van der Waals surface area contributed by atoms with E-state index < -0.39 is 10.3 Å². The molecular weight excluding hydrogens is 440 g/mol. The number of rotatable bonds is 7. The van der Waals surface area contributed by atoms with Gasteiger partial charge >= 0.3 is 10.3 Å². The van der Waals surface area contributed by atoms with Crippen LogP contribution in [0.5, 0.6) is 0 Å². The predicted octanol–water partition coefficient (Wildman–Crippen LogP) is 3.19. The Bertz CT molecular complexity index is 1220. The topological polar surface area (TPSA) is 115 Å². The number of nitrogens with zero attached hydrogens (tertiary/aromatic N) is 4. The minimum atomic E-state index is -3.90. The summed E-state index contributed by atoms with van der Waals surface area (Å²) in [5.74, 6) is 1.03. The molecule has 9 nitrogen and oxygen atoms in total. The normalized spacial score (nSPS) is 21.5. The highest BCUT2D eigenvalue weighted by Gasteiger charge is 2.26. The first kappa shape index (κ1) is 22.1. The van der Waals surface area contributed by atoms with Crippen molar-refractivity contribution in [1.82, 2.24) is 14.6 Å². The first-order valence-electron chi connectivity index (χ1n) is 11.6. The van der Waals surface area contributed by atoms with E-state index in [0.717, 1.165) is 55.1 Å². The maximum Gasteiger partial charge on any atom is 0.333 e. The van der Waals surface area contributed by atoms with Crippen molar-refractivity contribution in [3.05, 3.63) is 42.6 Å². The highest BCUT2D eigenvalue weighted by atomic mass is 32.2. The van der Waals surface area contributed by atoms with Crippen molar-refractivity contribution >= 4 is 27.5 Å². The minimum absolute atomic E-state index is 0.127. The minimum Gasteiger partial charge on any atom is -0.372 e. The molecule has 0 bridgehead atoms. The quantitative estimate of drug-likeness (QED) is 0.545. The maximum absolute atomic E-state index is 11.1. The Morgan fingerprint density at radius 1 is 1.12 bits per heavy atom. The van der Waals surface area contributed by atoms with Gasteiger partial charge in [0, 0.05) is 42.6 Å². The SMILES string of the molecule is NS(=O)(=O)OCC1CCC(Nc2ccnc3cc(-c4cccc(N5CCCCC5)c4)nn23)C1. The summed E-state index contributed by atoms with van der Waals surface area (Å²) in [6, 6.07) is 12.7. The molecular formula is C23H30N6O3S. The third-order valence-electron chi connectivity index (χ3n) is 6.58. The maximum atomic E-state index is 11.1. The average Bonchev–Trinajstić information content (AvgIpc) is 3.46. The molecule has 1 saturated carbocycles. The number of aromatic nitrogens is 3. The van der Waals surface area contributed by atoms with Gasteiger partial charge in [0.25, 0.3) is 0 Å². The molecule has 2 aromatic heterocycles. The number of benzene rings is 1. The molecule has 1 saturated heterocycles. The standard InChI is InChI=1S/C23H30N6O3S/c24-33(30,31)32-16-17-7-8-19(13-17)26-22-9-10-25-23-15-21(27-29(22)23)18-5-4-6-20(14-18)28-11-2-1-3-12-28/h4-6,9-10,14-15,17,19,26H,1-3,7-8,11-13,16H2,(H2,24,30,31). The summed E-state index contributed by atoms with van der Waals surface area (Å²) in [4.78, 5) is 6.94. The number of hydrogen-bond acceptors (Lipinski definition) is 7. The number of nitrogens with two attached hydrogens (primary N) is 1. The zero-order valence-electron chi connectivity index (χ0n) is 18.6. The van der Waals surface area contributed by atoms with Crippen LogP contribution in [0, 0.1) is 5.92 Å². The van der Waals surface area contributed by atoms with Gasteiger partial charge in [0.2, 0.25) is 0 Å². The molecule has 0 amide bonds. The number of fused-ring (bicyclic) bond motifs is 1. The van der Waals surface area contributed by atoms with Gasteiger partial charge in [0.15, 0.2) is 5.65 Å². The molecule has 2 atom stereocenters. The summed E-state index contributed by atoms with van der Waals surface area (Å²) in [7, 11) is -3.90. The van der Waals surface area contributed by atoms with Crippen LogP contribution in [0.15, 0.2) is 42.6 Å². The van der Waals surface area contributed by atoms with Crippen LogP contribution in [0.1, 0.15) is 38.5 Å². The highest BCUT2D eigenvalue weighted by Crippen LogP contribution is 2.30. The van der Waals surface area contributed by atoms with Crippen LogP contribution in [0.25, 0.3) is 16.9 Å². The van der Waals surface area contributed by atoms with E-state index in [4.69, 9.17) is 14.4 Å². The number of hydrogen-bond donors (Lipinski definition) is 2. The molecule has 3 aromatic rings. The van der Waals surface area contributed by atoms with Crippen LogP contribution in [-0.2, 0) is 14.5 Å². The molecule has 0 radical (unpaired) electrons. The molecule has 176 valence electrons. The van der Waals surface area contributed by atoms with Crippen molar-refractivity contribution in [2.75, 3.05) is 29.9 Å². The molecule has 10 heteroatoms. The van der Waals surface area contributed by atoms with Crippen LogP contribution < -0.4 is 15.4 Å². The fourth-order valence-corrected chi connectivity index (χ4v) is 5.30. The molecule has 1 aromatic carbocycles. The second kappa shape index (κ2) is 9.28. The fraction of sp³-hybridized carbons (Fsp3) is 0.478. The smallest absolute Gasteiger partial charge is 0.333 e. The van der Waals surface area contributed by atoms with Crippen LogP contribution in [-0.4, -0.2) is 48.8 Å². The second-order valence-corrected chi connectivity index (χ2v) is 10.2. The number of anilines is 2. The third kappa shape index (κ3) is 5.29. The molecule has 3 heterocycles. The van der Waals surface area contributed by atoms with Crippen molar-refractivity contribution in [1.29, 1.82) is 0 Å². The third-order valence-corrected chi connectivity index (χ3v) is 7.05. The lowest BCUT2D eigenvalue weighted by atomic mass is 10.1. The molecule has 2 aliphatic rings. The van der Waals surface area contributed by atoms with Crippen LogP contribution in [0.2, 0.25) is 0 Å². The van der Waals surface area contributed by atoms with Crippen molar-refractivity contribution in [2.24, 2.45) is 11.1 Å². The van der Waals surface area contributed by atoms with Gasteiger partial charge in [-0.1, -0.05) is 12.1 Å². The fourth-order valence-electron chi connectivity index (χ4n) is 4.92. The Balaban J connectivity index is 1.32. The molecule has 2 fully saturated rings. The zero-order chi connectivity index (χ0) is 22.8. The average molecular weight is 471 g/mol. The zero-order valence-corrected chi connectivity index (χ0v) is 19.4. The van der Waals surface area contributed by atoms with Gasteiger partial charge in [0.05, 0.1) is 12.3 Å². The summed E-state index contributed by atoms with van der Waals surface area (Å²) in [6.45, 7) is 2.34. The van der Waals surface area contributed by atoms with Crippen molar-refractivity contribution in [3.8, 4) is 11.3 Å². The summed E-state index contributed by atoms with van der Waals surface area (Å²) in [5, 5.41) is 13.4. The molecule has 1 aliphatic heterocycles. The van der Waals surface area contributed by atoms with E-state index in [-0.39, 0.29) is 18.6 Å². The Kier molecular flexibility index (Phi) is 6.22. The second-order valence-electron chi connectivity index (χ2n) is 9.03. The first-order chi connectivity index (χ1) is 15.9. The lowest BCUT2D eigenvalue weighted by Crippen LogP contribution is -2.29. The van der Waals surface area contributed by atoms with E-state index in [1.807, 2.05) is 16.6 Å². The van der Waals surface area contributed by atoms with E-state index in [2.05, 4.69) is 39.5 Å². The first-order valence-corrected chi connectivity index (χ1v) is 13.1. The van der Waals surface area contributed by atoms with Gasteiger partial charge in [-0.2, -0.15) is 18.0 Å². The molecule has 1 aliphatic carbocycles. The molecule has 5 rings (SSSR count). The van der Waals surface area contributed by atoms with Crippen molar-refractivity contribution in [3.63, 3.8) is 0 Å². The highest BCUT2D eigenvalue weighted by molar-refractivity contribution is 7.84. The lowest BCUT2D eigenvalue weighted by molar-refractivity contribution is 0.256. The lowest BCUT2D eigenvalue weighted by Gasteiger charge is -2.29. The van der Waals surface area contributed by atoms with Gasteiger partial charge in [-0.3, -0.25) is 4.18 Å².